The van der Waals surface area contributed by atoms with Crippen LogP contribution in [0.2, 0.25) is 5.02 Å². The summed E-state index contributed by atoms with van der Waals surface area (Å²) in [6.45, 7) is 0.391. The highest BCUT2D eigenvalue weighted by Gasteiger charge is 2.40. The van der Waals surface area contributed by atoms with Crippen LogP contribution in [0.1, 0.15) is 11.1 Å². The lowest BCUT2D eigenvalue weighted by atomic mass is 9.83. The Balaban J connectivity index is 1.86. The molecule has 25 heavy (non-hydrogen) atoms. The highest BCUT2D eigenvalue weighted by atomic mass is 35.5. The normalized spacial score (nSPS) is 19.3. The zero-order valence-electron chi connectivity index (χ0n) is 13.5. The molecule has 3 aromatic rings. The molecule has 1 atom stereocenters. The predicted molar refractivity (Wildman–Crippen MR) is 102 cm³/mol. The van der Waals surface area contributed by atoms with E-state index in [1.807, 2.05) is 48.5 Å². The average molecular weight is 349 g/mol. The third kappa shape index (κ3) is 2.87. The largest absolute Gasteiger partial charge is 0.462 e. The van der Waals surface area contributed by atoms with Gasteiger partial charge in [0.05, 0.1) is 0 Å². The maximum absolute atomic E-state index is 6.15. The summed E-state index contributed by atoms with van der Waals surface area (Å²) in [5.41, 5.74) is 9.48. The first-order chi connectivity index (χ1) is 12.2. The van der Waals surface area contributed by atoms with Crippen molar-refractivity contribution in [2.45, 2.75) is 5.54 Å². The van der Waals surface area contributed by atoms with Crippen molar-refractivity contribution in [3.05, 3.63) is 95.0 Å². The Hall–Kier alpha value is -2.78. The second-order valence-electron chi connectivity index (χ2n) is 6.06. The van der Waals surface area contributed by atoms with Crippen LogP contribution in [0, 0.1) is 0 Å². The number of hydrogen-bond donors (Lipinski definition) is 1. The van der Waals surface area contributed by atoms with E-state index >= 15 is 0 Å². The molecule has 4 heteroatoms. The summed E-state index contributed by atoms with van der Waals surface area (Å²) in [4.78, 5) is 4.66. The molecule has 0 saturated heterocycles. The van der Waals surface area contributed by atoms with Gasteiger partial charge < -0.3 is 10.5 Å². The number of nitrogens with two attached hydrogens (primary N) is 1. The molecule has 0 bridgehead atoms. The Morgan fingerprint density at radius 1 is 0.840 bits per heavy atom. The molecule has 4 rings (SSSR count). The zero-order valence-corrected chi connectivity index (χ0v) is 14.3. The van der Waals surface area contributed by atoms with Crippen LogP contribution in [-0.2, 0) is 10.3 Å². The van der Waals surface area contributed by atoms with Gasteiger partial charge in [-0.1, -0.05) is 72.3 Å². The second-order valence-corrected chi connectivity index (χ2v) is 6.49. The number of halogens is 1. The van der Waals surface area contributed by atoms with E-state index in [-0.39, 0.29) is 6.02 Å². The van der Waals surface area contributed by atoms with Gasteiger partial charge in [0.15, 0.2) is 5.54 Å². The molecule has 0 spiro atoms. The highest BCUT2D eigenvalue weighted by molar-refractivity contribution is 6.30. The second kappa shape index (κ2) is 6.26. The number of rotatable bonds is 3. The molecule has 2 N–H and O–H groups in total. The zero-order chi connectivity index (χ0) is 17.3. The van der Waals surface area contributed by atoms with Crippen molar-refractivity contribution in [1.82, 2.24) is 0 Å². The fourth-order valence-corrected chi connectivity index (χ4v) is 3.42. The van der Waals surface area contributed by atoms with E-state index < -0.39 is 5.54 Å². The van der Waals surface area contributed by atoms with Crippen LogP contribution in [0.5, 0.6) is 0 Å². The van der Waals surface area contributed by atoms with E-state index in [2.05, 4.69) is 35.3 Å². The predicted octanol–water partition coefficient (Wildman–Crippen LogP) is 4.60. The third-order valence-electron chi connectivity index (χ3n) is 4.48. The summed E-state index contributed by atoms with van der Waals surface area (Å²) in [5, 5.41) is 0.715. The minimum absolute atomic E-state index is 0.219. The molecule has 0 saturated carbocycles. The number of nitrogens with zero attached hydrogens (tertiary/aromatic N) is 1. The first-order valence-electron chi connectivity index (χ1n) is 8.07. The van der Waals surface area contributed by atoms with Gasteiger partial charge in [-0.15, -0.1) is 0 Å². The molecule has 1 aliphatic heterocycles. The molecule has 0 aliphatic carbocycles. The van der Waals surface area contributed by atoms with Crippen LogP contribution in [-0.4, -0.2) is 12.6 Å². The summed E-state index contributed by atoms with van der Waals surface area (Å²) in [6.07, 6.45) is 0. The number of benzene rings is 3. The van der Waals surface area contributed by atoms with Crippen molar-refractivity contribution in [2.24, 2.45) is 10.7 Å². The van der Waals surface area contributed by atoms with Crippen LogP contribution in [0.3, 0.4) is 0 Å². The van der Waals surface area contributed by atoms with E-state index in [9.17, 15) is 0 Å². The monoisotopic (exact) mass is 348 g/mol. The van der Waals surface area contributed by atoms with Crippen LogP contribution in [0.15, 0.2) is 83.9 Å². The highest BCUT2D eigenvalue weighted by Crippen LogP contribution is 2.38. The summed E-state index contributed by atoms with van der Waals surface area (Å²) < 4.78 is 5.55. The Bertz CT molecular complexity index is 939. The molecule has 124 valence electrons. The smallest absolute Gasteiger partial charge is 0.283 e. The third-order valence-corrected chi connectivity index (χ3v) is 4.71. The quantitative estimate of drug-likeness (QED) is 0.752. The van der Waals surface area contributed by atoms with Crippen LogP contribution in [0.25, 0.3) is 11.1 Å². The molecule has 0 amide bonds. The lowest BCUT2D eigenvalue weighted by Gasteiger charge is -2.25. The maximum Gasteiger partial charge on any atom is 0.283 e. The van der Waals surface area contributed by atoms with Crippen LogP contribution in [0.4, 0.5) is 0 Å². The number of aliphatic imine (C=N–C) groups is 1. The molecular formula is C21H17ClN2O. The van der Waals surface area contributed by atoms with E-state index in [4.69, 9.17) is 22.1 Å². The molecule has 0 fully saturated rings. The number of hydrogen-bond acceptors (Lipinski definition) is 3. The first-order valence-corrected chi connectivity index (χ1v) is 8.45. The van der Waals surface area contributed by atoms with Gasteiger partial charge in [-0.05, 0) is 40.5 Å². The summed E-state index contributed by atoms with van der Waals surface area (Å²) >= 11 is 6.15. The SMILES string of the molecule is NC1=NC(c2ccccc2)(c2cccc(-c3cccc(Cl)c3)c2)CO1. The topological polar surface area (TPSA) is 47.6 Å². The first kappa shape index (κ1) is 15.7. The molecule has 0 radical (unpaired) electrons. The lowest BCUT2D eigenvalue weighted by Crippen LogP contribution is -2.27. The minimum atomic E-state index is -0.625. The van der Waals surface area contributed by atoms with Crippen molar-refractivity contribution >= 4 is 17.6 Å². The van der Waals surface area contributed by atoms with Crippen molar-refractivity contribution in [2.75, 3.05) is 6.61 Å². The van der Waals surface area contributed by atoms with Crippen molar-refractivity contribution in [3.63, 3.8) is 0 Å². The molecule has 0 aromatic heterocycles. The number of ether oxygens (including phenoxy) is 1. The van der Waals surface area contributed by atoms with Crippen molar-refractivity contribution in [3.8, 4) is 11.1 Å². The Kier molecular flexibility index (Phi) is 3.94. The summed E-state index contributed by atoms with van der Waals surface area (Å²) in [6, 6.07) is 26.4. The van der Waals surface area contributed by atoms with Gasteiger partial charge in [0.1, 0.15) is 6.61 Å². The summed E-state index contributed by atoms with van der Waals surface area (Å²) in [7, 11) is 0. The van der Waals surface area contributed by atoms with Crippen molar-refractivity contribution in [1.29, 1.82) is 0 Å². The minimum Gasteiger partial charge on any atom is -0.462 e. The summed E-state index contributed by atoms with van der Waals surface area (Å²) in [5.74, 6) is 0. The van der Waals surface area contributed by atoms with Gasteiger partial charge in [0.2, 0.25) is 0 Å². The maximum atomic E-state index is 6.15. The standard InChI is InChI=1S/C21H17ClN2O/c22-19-11-5-7-16(13-19)15-6-4-10-18(12-15)21(14-25-20(23)24-21)17-8-2-1-3-9-17/h1-13H,14H2,(H2,23,24). The van der Waals surface area contributed by atoms with Crippen LogP contribution >= 0.6 is 11.6 Å². The van der Waals surface area contributed by atoms with Gasteiger partial charge in [0, 0.05) is 5.02 Å². The van der Waals surface area contributed by atoms with Gasteiger partial charge in [-0.3, -0.25) is 0 Å². The van der Waals surface area contributed by atoms with E-state index in [0.717, 1.165) is 22.3 Å². The van der Waals surface area contributed by atoms with Crippen LogP contribution < -0.4 is 5.73 Å². The fraction of sp³-hybridized carbons (Fsp3) is 0.0952. The van der Waals surface area contributed by atoms with E-state index in [1.54, 1.807) is 0 Å². The average Bonchev–Trinajstić information content (AvgIpc) is 3.06. The fourth-order valence-electron chi connectivity index (χ4n) is 3.23. The van der Waals surface area contributed by atoms with E-state index in [0.29, 0.717) is 11.6 Å². The molecule has 1 aliphatic rings. The Morgan fingerprint density at radius 3 is 2.20 bits per heavy atom. The molecule has 1 unspecified atom stereocenters. The molecule has 3 aromatic carbocycles. The Morgan fingerprint density at radius 2 is 1.52 bits per heavy atom. The molecular weight excluding hydrogens is 332 g/mol. The number of amidine groups is 1. The lowest BCUT2D eigenvalue weighted by molar-refractivity contribution is 0.278. The van der Waals surface area contributed by atoms with Gasteiger partial charge >= 0.3 is 0 Å². The van der Waals surface area contributed by atoms with Crippen molar-refractivity contribution < 1.29 is 4.74 Å². The van der Waals surface area contributed by atoms with Gasteiger partial charge in [-0.25, -0.2) is 4.99 Å². The van der Waals surface area contributed by atoms with Gasteiger partial charge in [0.25, 0.3) is 6.02 Å². The molecule has 1 heterocycles. The Labute approximate surface area is 151 Å². The molecule has 3 nitrogen and oxygen atoms in total. The van der Waals surface area contributed by atoms with E-state index in [1.165, 1.54) is 0 Å². The van der Waals surface area contributed by atoms with Gasteiger partial charge in [-0.2, -0.15) is 0 Å².